The van der Waals surface area contributed by atoms with Crippen LogP contribution in [0.3, 0.4) is 0 Å². The zero-order valence-corrected chi connectivity index (χ0v) is 11.4. The molecule has 102 valence electrons. The van der Waals surface area contributed by atoms with Crippen LogP contribution in [0.2, 0.25) is 0 Å². The number of hydrogen-bond acceptors (Lipinski definition) is 3. The van der Waals surface area contributed by atoms with E-state index in [0.717, 1.165) is 11.3 Å². The van der Waals surface area contributed by atoms with Gasteiger partial charge in [-0.1, -0.05) is 18.2 Å². The average molecular weight is 279 g/mol. The van der Waals surface area contributed by atoms with Crippen molar-refractivity contribution >= 4 is 23.6 Å². The highest BCUT2D eigenvalue weighted by Gasteiger charge is 2.33. The number of rotatable bonds is 5. The Morgan fingerprint density at radius 3 is 2.74 bits per heavy atom. The van der Waals surface area contributed by atoms with Crippen molar-refractivity contribution in [3.63, 3.8) is 0 Å². The number of carboxylic acids is 1. The summed E-state index contributed by atoms with van der Waals surface area (Å²) in [6.45, 7) is 0.575. The molecule has 19 heavy (non-hydrogen) atoms. The van der Waals surface area contributed by atoms with Crippen LogP contribution in [0.25, 0.3) is 0 Å². The van der Waals surface area contributed by atoms with Crippen molar-refractivity contribution in [1.29, 1.82) is 0 Å². The number of carbonyl (C=O) groups is 2. The first-order chi connectivity index (χ1) is 9.18. The molecule has 0 saturated carbocycles. The highest BCUT2D eigenvalue weighted by atomic mass is 32.2. The monoisotopic (exact) mass is 279 g/mol. The third kappa shape index (κ3) is 3.73. The van der Waals surface area contributed by atoms with Gasteiger partial charge in [0.25, 0.3) is 0 Å². The summed E-state index contributed by atoms with van der Waals surface area (Å²) in [5, 5.41) is 9.04. The summed E-state index contributed by atoms with van der Waals surface area (Å²) in [5.41, 5.74) is 0. The van der Waals surface area contributed by atoms with Crippen molar-refractivity contribution in [3.8, 4) is 0 Å². The maximum atomic E-state index is 12.0. The predicted molar refractivity (Wildman–Crippen MR) is 74.2 cm³/mol. The van der Waals surface area contributed by atoms with Gasteiger partial charge in [0.15, 0.2) is 0 Å². The molecule has 1 heterocycles. The third-order valence-electron chi connectivity index (χ3n) is 3.19. The number of benzene rings is 1. The van der Waals surface area contributed by atoms with E-state index in [1.807, 2.05) is 30.3 Å². The van der Waals surface area contributed by atoms with E-state index in [1.54, 1.807) is 11.8 Å². The Morgan fingerprint density at radius 1 is 1.32 bits per heavy atom. The number of nitrogens with zero attached hydrogens (tertiary/aromatic N) is 1. The smallest absolute Gasteiger partial charge is 0.326 e. The Bertz CT molecular complexity index is 449. The van der Waals surface area contributed by atoms with Crippen LogP contribution in [0.4, 0.5) is 0 Å². The van der Waals surface area contributed by atoms with Crippen LogP contribution in [0, 0.1) is 0 Å². The van der Waals surface area contributed by atoms with Gasteiger partial charge in [-0.25, -0.2) is 4.79 Å². The molecule has 0 bridgehead atoms. The highest BCUT2D eigenvalue weighted by molar-refractivity contribution is 7.99. The zero-order chi connectivity index (χ0) is 13.7. The van der Waals surface area contributed by atoms with Crippen LogP contribution in [0.5, 0.6) is 0 Å². The standard InChI is InChI=1S/C14H17NO3S/c16-13(15-9-4-7-12(15)14(17)18)8-10-19-11-5-2-1-3-6-11/h1-3,5-6,12H,4,7-10H2,(H,17,18)/t12-/m1/s1. The van der Waals surface area contributed by atoms with E-state index < -0.39 is 12.0 Å². The maximum Gasteiger partial charge on any atom is 0.326 e. The molecular formula is C14H17NO3S. The molecule has 1 aromatic carbocycles. The van der Waals surface area contributed by atoms with E-state index in [4.69, 9.17) is 5.11 Å². The van der Waals surface area contributed by atoms with Crippen LogP contribution in [-0.4, -0.2) is 40.2 Å². The molecule has 0 radical (unpaired) electrons. The minimum atomic E-state index is -0.887. The van der Waals surface area contributed by atoms with Gasteiger partial charge in [-0.05, 0) is 25.0 Å². The molecule has 1 fully saturated rings. The van der Waals surface area contributed by atoms with Crippen molar-refractivity contribution in [2.24, 2.45) is 0 Å². The summed E-state index contributed by atoms with van der Waals surface area (Å²) >= 11 is 1.62. The Hall–Kier alpha value is -1.49. The van der Waals surface area contributed by atoms with E-state index in [1.165, 1.54) is 4.90 Å². The van der Waals surface area contributed by atoms with Crippen molar-refractivity contribution in [2.45, 2.75) is 30.2 Å². The van der Waals surface area contributed by atoms with Gasteiger partial charge in [0, 0.05) is 23.6 Å². The van der Waals surface area contributed by atoms with Crippen LogP contribution in [0.1, 0.15) is 19.3 Å². The molecular weight excluding hydrogens is 262 g/mol. The quantitative estimate of drug-likeness (QED) is 0.840. The van der Waals surface area contributed by atoms with Gasteiger partial charge in [0.2, 0.25) is 5.91 Å². The second-order valence-corrected chi connectivity index (χ2v) is 5.66. The molecule has 1 amide bonds. The molecule has 1 N–H and O–H groups in total. The fourth-order valence-corrected chi connectivity index (χ4v) is 3.10. The van der Waals surface area contributed by atoms with Crippen molar-refractivity contribution in [2.75, 3.05) is 12.3 Å². The van der Waals surface area contributed by atoms with Crippen molar-refractivity contribution in [3.05, 3.63) is 30.3 Å². The SMILES string of the molecule is O=C(O)[C@H]1CCCN1C(=O)CCSc1ccccc1. The van der Waals surface area contributed by atoms with Crippen LogP contribution >= 0.6 is 11.8 Å². The first-order valence-electron chi connectivity index (χ1n) is 6.38. The summed E-state index contributed by atoms with van der Waals surface area (Å²) in [6, 6.07) is 9.28. The van der Waals surface area contributed by atoms with E-state index in [-0.39, 0.29) is 5.91 Å². The molecule has 1 aromatic rings. The molecule has 5 heteroatoms. The number of likely N-dealkylation sites (tertiary alicyclic amines) is 1. The Kier molecular flexibility index (Phi) is 4.85. The molecule has 0 aromatic heterocycles. The zero-order valence-electron chi connectivity index (χ0n) is 10.6. The number of amides is 1. The number of hydrogen-bond donors (Lipinski definition) is 1. The molecule has 2 rings (SSSR count). The summed E-state index contributed by atoms with van der Waals surface area (Å²) in [5.74, 6) is -0.249. The molecule has 4 nitrogen and oxygen atoms in total. The molecule has 1 aliphatic rings. The van der Waals surface area contributed by atoms with Crippen LogP contribution in [-0.2, 0) is 9.59 Å². The molecule has 0 spiro atoms. The predicted octanol–water partition coefficient (Wildman–Crippen LogP) is 2.24. The molecule has 1 aliphatic heterocycles. The minimum Gasteiger partial charge on any atom is -0.480 e. The summed E-state index contributed by atoms with van der Waals surface area (Å²) in [7, 11) is 0. The number of aliphatic carboxylic acids is 1. The van der Waals surface area contributed by atoms with Gasteiger partial charge in [-0.2, -0.15) is 0 Å². The third-order valence-corrected chi connectivity index (χ3v) is 4.20. The lowest BCUT2D eigenvalue weighted by Crippen LogP contribution is -2.40. The largest absolute Gasteiger partial charge is 0.480 e. The number of thioether (sulfide) groups is 1. The fourth-order valence-electron chi connectivity index (χ4n) is 2.24. The van der Waals surface area contributed by atoms with Crippen LogP contribution in [0.15, 0.2) is 35.2 Å². The number of carboxylic acid groups (broad SMARTS) is 1. The summed E-state index contributed by atoms with van der Waals surface area (Å²) < 4.78 is 0. The average Bonchev–Trinajstić information content (AvgIpc) is 2.89. The fraction of sp³-hybridized carbons (Fsp3) is 0.429. The first-order valence-corrected chi connectivity index (χ1v) is 7.37. The minimum absolute atomic E-state index is 0.0478. The van der Waals surface area contributed by atoms with Gasteiger partial charge < -0.3 is 10.0 Å². The lowest BCUT2D eigenvalue weighted by atomic mass is 10.2. The molecule has 1 saturated heterocycles. The second kappa shape index (κ2) is 6.61. The van der Waals surface area contributed by atoms with E-state index in [2.05, 4.69) is 0 Å². The van der Waals surface area contributed by atoms with Crippen molar-refractivity contribution < 1.29 is 14.7 Å². The van der Waals surface area contributed by atoms with Crippen molar-refractivity contribution in [1.82, 2.24) is 4.90 Å². The topological polar surface area (TPSA) is 57.6 Å². The Labute approximate surface area is 116 Å². The summed E-state index contributed by atoms with van der Waals surface area (Å²) in [6.07, 6.45) is 1.75. The lowest BCUT2D eigenvalue weighted by Gasteiger charge is -2.21. The van der Waals surface area contributed by atoms with Gasteiger partial charge in [0.1, 0.15) is 6.04 Å². The van der Waals surface area contributed by atoms with Crippen LogP contribution < -0.4 is 0 Å². The van der Waals surface area contributed by atoms with Gasteiger partial charge in [0.05, 0.1) is 0 Å². The second-order valence-electron chi connectivity index (χ2n) is 4.49. The van der Waals surface area contributed by atoms with Gasteiger partial charge in [-0.15, -0.1) is 11.8 Å². The molecule has 0 unspecified atom stereocenters. The first kappa shape index (κ1) is 13.9. The van der Waals surface area contributed by atoms with E-state index in [0.29, 0.717) is 25.1 Å². The lowest BCUT2D eigenvalue weighted by molar-refractivity contribution is -0.148. The van der Waals surface area contributed by atoms with E-state index >= 15 is 0 Å². The maximum absolute atomic E-state index is 12.0. The Balaban J connectivity index is 1.80. The Morgan fingerprint density at radius 2 is 2.05 bits per heavy atom. The van der Waals surface area contributed by atoms with E-state index in [9.17, 15) is 9.59 Å². The molecule has 1 atom stereocenters. The number of carbonyl (C=O) groups excluding carboxylic acids is 1. The highest BCUT2D eigenvalue weighted by Crippen LogP contribution is 2.21. The normalized spacial score (nSPS) is 18.5. The van der Waals surface area contributed by atoms with Gasteiger partial charge >= 0.3 is 5.97 Å². The van der Waals surface area contributed by atoms with Gasteiger partial charge in [-0.3, -0.25) is 4.79 Å². The summed E-state index contributed by atoms with van der Waals surface area (Å²) in [4.78, 5) is 25.7. The molecule has 0 aliphatic carbocycles.